The number of fused-ring (bicyclic) bond motifs is 6. The summed E-state index contributed by atoms with van der Waals surface area (Å²) in [5.74, 6) is 1.84. The van der Waals surface area contributed by atoms with E-state index in [2.05, 4.69) is 176 Å². The number of nitrogens with zero attached hydrogens (tertiary/aromatic N) is 3. The minimum atomic E-state index is 0.609. The molecule has 0 saturated heterocycles. The molecule has 0 saturated carbocycles. The van der Waals surface area contributed by atoms with Crippen LogP contribution >= 0.6 is 11.3 Å². The third kappa shape index (κ3) is 6.35. The Labute approximate surface area is 362 Å². The zero-order valence-corrected chi connectivity index (χ0v) is 34.2. The maximum atomic E-state index is 6.22. The van der Waals surface area contributed by atoms with Gasteiger partial charge in [-0.2, -0.15) is 0 Å². The van der Waals surface area contributed by atoms with Gasteiger partial charge in [-0.1, -0.05) is 176 Å². The second-order valence-corrected chi connectivity index (χ2v) is 16.6. The smallest absolute Gasteiger partial charge is 0.164 e. The van der Waals surface area contributed by atoms with Gasteiger partial charge in [0.05, 0.1) is 0 Å². The van der Waals surface area contributed by atoms with E-state index in [1.165, 1.54) is 31.3 Å². The number of benzene rings is 9. The maximum absolute atomic E-state index is 6.22. The lowest BCUT2D eigenvalue weighted by molar-refractivity contribution is 0.669. The molecule has 12 rings (SSSR count). The van der Waals surface area contributed by atoms with Crippen molar-refractivity contribution in [3.05, 3.63) is 212 Å². The van der Waals surface area contributed by atoms with Gasteiger partial charge in [0, 0.05) is 47.6 Å². The molecule has 0 fully saturated rings. The second-order valence-electron chi connectivity index (χ2n) is 15.5. The van der Waals surface area contributed by atoms with Gasteiger partial charge in [0.15, 0.2) is 17.5 Å². The Balaban J connectivity index is 1.03. The molecule has 290 valence electrons. The van der Waals surface area contributed by atoms with Crippen LogP contribution < -0.4 is 0 Å². The fourth-order valence-corrected chi connectivity index (χ4v) is 9.82. The summed E-state index contributed by atoms with van der Waals surface area (Å²) in [5.41, 5.74) is 13.5. The summed E-state index contributed by atoms with van der Waals surface area (Å²) >= 11 is 1.82. The second kappa shape index (κ2) is 14.9. The third-order valence-corrected chi connectivity index (χ3v) is 12.9. The molecule has 0 atom stereocenters. The van der Waals surface area contributed by atoms with Crippen LogP contribution in [0.15, 0.2) is 217 Å². The van der Waals surface area contributed by atoms with Crippen LogP contribution in [-0.2, 0) is 0 Å². The van der Waals surface area contributed by atoms with E-state index in [1.54, 1.807) is 0 Å². The molecule has 0 unspecified atom stereocenters. The van der Waals surface area contributed by atoms with Gasteiger partial charge in [-0.3, -0.25) is 0 Å². The van der Waals surface area contributed by atoms with Crippen LogP contribution in [0.25, 0.3) is 121 Å². The highest BCUT2D eigenvalue weighted by atomic mass is 32.1. The van der Waals surface area contributed by atoms with Crippen molar-refractivity contribution in [2.45, 2.75) is 0 Å². The Morgan fingerprint density at radius 1 is 0.290 bits per heavy atom. The summed E-state index contributed by atoms with van der Waals surface area (Å²) in [6, 6.07) is 74.6. The number of rotatable bonds is 7. The van der Waals surface area contributed by atoms with Crippen LogP contribution in [0.4, 0.5) is 0 Å². The Bertz CT molecular complexity index is 3610. The topological polar surface area (TPSA) is 51.8 Å². The lowest BCUT2D eigenvalue weighted by Crippen LogP contribution is -2.01. The summed E-state index contributed by atoms with van der Waals surface area (Å²) in [6.07, 6.45) is 0. The quantitative estimate of drug-likeness (QED) is 0.161. The Morgan fingerprint density at radius 2 is 0.790 bits per heavy atom. The largest absolute Gasteiger partial charge is 0.456 e. The molecule has 0 bridgehead atoms. The molecule has 5 heteroatoms. The highest BCUT2D eigenvalue weighted by molar-refractivity contribution is 7.25. The Hall–Kier alpha value is -7.99. The first-order chi connectivity index (χ1) is 30.7. The van der Waals surface area contributed by atoms with Gasteiger partial charge in [-0.15, -0.1) is 11.3 Å². The van der Waals surface area contributed by atoms with Crippen molar-refractivity contribution in [1.29, 1.82) is 0 Å². The van der Waals surface area contributed by atoms with Crippen LogP contribution in [0.3, 0.4) is 0 Å². The molecule has 62 heavy (non-hydrogen) atoms. The molecule has 9 aromatic carbocycles. The predicted octanol–water partition coefficient (Wildman–Crippen LogP) is 15.8. The lowest BCUT2D eigenvalue weighted by atomic mass is 9.91. The van der Waals surface area contributed by atoms with E-state index < -0.39 is 0 Å². The average Bonchev–Trinajstić information content (AvgIpc) is 3.93. The SMILES string of the molecule is c1ccc(-c2ccc(-c3ccc(-c4nc(-c5ccccc5)nc(-c5cc(-c6ccc7oc8ccccc8c7c6)ccc5-c5cccc6sc7ccccc7c56)n4)cc3)cc2)cc1. The molecule has 0 amide bonds. The molecule has 3 heterocycles. The van der Waals surface area contributed by atoms with Gasteiger partial charge in [-0.25, -0.2) is 15.0 Å². The van der Waals surface area contributed by atoms with Crippen molar-refractivity contribution < 1.29 is 4.42 Å². The first-order valence-corrected chi connectivity index (χ1v) is 21.6. The standard InChI is InChI=1S/C57H35N3OS/c1-3-12-36(13-4-1)37-22-24-38(25-23-37)39-26-28-41(29-27-39)56-58-55(40-14-5-2-6-15-40)59-57(60-56)49-35-42(43-31-33-51-48(34-43)45-16-7-9-19-50(45)61-51)30-32-44(49)46-18-11-21-53-54(46)47-17-8-10-20-52(47)62-53/h1-35H. The van der Waals surface area contributed by atoms with E-state index >= 15 is 0 Å². The zero-order chi connectivity index (χ0) is 41.0. The fourth-order valence-electron chi connectivity index (χ4n) is 8.69. The van der Waals surface area contributed by atoms with Crippen molar-refractivity contribution in [2.75, 3.05) is 0 Å². The minimum Gasteiger partial charge on any atom is -0.456 e. The Morgan fingerprint density at radius 3 is 1.52 bits per heavy atom. The minimum absolute atomic E-state index is 0.609. The van der Waals surface area contributed by atoms with E-state index in [-0.39, 0.29) is 0 Å². The van der Waals surface area contributed by atoms with E-state index in [1.807, 2.05) is 47.7 Å². The molecular weight excluding hydrogens is 775 g/mol. The van der Waals surface area contributed by atoms with Crippen LogP contribution in [0.1, 0.15) is 0 Å². The van der Waals surface area contributed by atoms with E-state index in [0.717, 1.165) is 72.0 Å². The number of para-hydroxylation sites is 1. The van der Waals surface area contributed by atoms with Crippen LogP contribution in [0, 0.1) is 0 Å². The summed E-state index contributed by atoms with van der Waals surface area (Å²) in [5, 5.41) is 4.66. The van der Waals surface area contributed by atoms with Gasteiger partial charge >= 0.3 is 0 Å². The molecule has 0 spiro atoms. The summed E-state index contributed by atoms with van der Waals surface area (Å²) in [6.45, 7) is 0. The Kier molecular flexibility index (Phi) is 8.65. The monoisotopic (exact) mass is 809 g/mol. The van der Waals surface area contributed by atoms with Crippen molar-refractivity contribution in [3.63, 3.8) is 0 Å². The van der Waals surface area contributed by atoms with Gasteiger partial charge in [0.2, 0.25) is 0 Å². The van der Waals surface area contributed by atoms with Crippen LogP contribution in [0.5, 0.6) is 0 Å². The number of hydrogen-bond donors (Lipinski definition) is 0. The van der Waals surface area contributed by atoms with Gasteiger partial charge in [-0.05, 0) is 80.9 Å². The average molecular weight is 810 g/mol. The molecule has 0 aliphatic heterocycles. The normalized spacial score (nSPS) is 11.5. The number of hydrogen-bond acceptors (Lipinski definition) is 5. The lowest BCUT2D eigenvalue weighted by Gasteiger charge is -2.15. The van der Waals surface area contributed by atoms with Gasteiger partial charge in [0.25, 0.3) is 0 Å². The molecule has 0 N–H and O–H groups in total. The number of thiophene rings is 1. The van der Waals surface area contributed by atoms with Crippen molar-refractivity contribution in [1.82, 2.24) is 15.0 Å². The highest BCUT2D eigenvalue weighted by Crippen LogP contribution is 2.44. The fraction of sp³-hybridized carbons (Fsp3) is 0. The van der Waals surface area contributed by atoms with Crippen LogP contribution in [-0.4, -0.2) is 15.0 Å². The first kappa shape index (κ1) is 35.9. The molecule has 3 aromatic heterocycles. The van der Waals surface area contributed by atoms with Crippen molar-refractivity contribution in [2.24, 2.45) is 0 Å². The summed E-state index contributed by atoms with van der Waals surface area (Å²) in [4.78, 5) is 15.8. The molecule has 0 radical (unpaired) electrons. The van der Waals surface area contributed by atoms with Crippen molar-refractivity contribution in [3.8, 4) is 78.7 Å². The molecule has 4 nitrogen and oxygen atoms in total. The van der Waals surface area contributed by atoms with Gasteiger partial charge in [0.1, 0.15) is 11.2 Å². The maximum Gasteiger partial charge on any atom is 0.164 e. The summed E-state index contributed by atoms with van der Waals surface area (Å²) in [7, 11) is 0. The zero-order valence-electron chi connectivity index (χ0n) is 33.4. The van der Waals surface area contributed by atoms with Crippen LogP contribution in [0.2, 0.25) is 0 Å². The number of aromatic nitrogens is 3. The van der Waals surface area contributed by atoms with E-state index in [0.29, 0.717) is 17.5 Å². The van der Waals surface area contributed by atoms with Gasteiger partial charge < -0.3 is 4.42 Å². The first-order valence-electron chi connectivity index (χ1n) is 20.7. The predicted molar refractivity (Wildman–Crippen MR) is 258 cm³/mol. The highest BCUT2D eigenvalue weighted by Gasteiger charge is 2.20. The molecule has 0 aliphatic rings. The van der Waals surface area contributed by atoms with Crippen molar-refractivity contribution >= 4 is 53.4 Å². The number of furan rings is 1. The molecule has 12 aromatic rings. The summed E-state index contributed by atoms with van der Waals surface area (Å²) < 4.78 is 8.72. The van der Waals surface area contributed by atoms with E-state index in [4.69, 9.17) is 19.4 Å². The third-order valence-electron chi connectivity index (χ3n) is 11.8. The van der Waals surface area contributed by atoms with E-state index in [9.17, 15) is 0 Å². The molecule has 0 aliphatic carbocycles. The molecular formula is C57H35N3OS.